The average Bonchev–Trinajstić information content (AvgIpc) is 3.51. The lowest BCUT2D eigenvalue weighted by molar-refractivity contribution is -0.139. The highest BCUT2D eigenvalue weighted by atomic mass is 19.4. The molecule has 0 spiro atoms. The Kier molecular flexibility index (Phi) is 7.19. The molecule has 9 nitrogen and oxygen atoms in total. The summed E-state index contributed by atoms with van der Waals surface area (Å²) in [5.41, 5.74) is 1.60. The summed E-state index contributed by atoms with van der Waals surface area (Å²) in [6.45, 7) is 2.73. The fourth-order valence-electron chi connectivity index (χ4n) is 5.07. The minimum absolute atomic E-state index is 0.0485. The van der Waals surface area contributed by atoms with Gasteiger partial charge in [-0.15, -0.1) is 0 Å². The Morgan fingerprint density at radius 1 is 1.15 bits per heavy atom. The first-order valence-corrected chi connectivity index (χ1v) is 12.9. The predicted molar refractivity (Wildman–Crippen MR) is 141 cm³/mol. The van der Waals surface area contributed by atoms with Crippen LogP contribution in [-0.4, -0.2) is 50.1 Å². The van der Waals surface area contributed by atoms with Crippen LogP contribution in [0.4, 0.5) is 19.0 Å². The number of aromatic nitrogens is 5. The number of benzene rings is 1. The number of amides is 1. The highest BCUT2D eigenvalue weighted by molar-refractivity contribution is 5.94. The van der Waals surface area contributed by atoms with Crippen molar-refractivity contribution in [2.45, 2.75) is 50.9 Å². The van der Waals surface area contributed by atoms with Crippen LogP contribution in [0.25, 0.3) is 22.2 Å². The Hall–Kier alpha value is -4.09. The molecule has 0 saturated heterocycles. The van der Waals surface area contributed by atoms with Crippen LogP contribution >= 0.6 is 0 Å². The summed E-state index contributed by atoms with van der Waals surface area (Å²) in [6.07, 6.45) is 2.95. The second kappa shape index (κ2) is 10.6. The van der Waals surface area contributed by atoms with Crippen molar-refractivity contribution in [3.8, 4) is 17.0 Å². The summed E-state index contributed by atoms with van der Waals surface area (Å²) < 4.78 is 50.9. The minimum Gasteiger partial charge on any atom is -0.490 e. The topological polar surface area (TPSA) is 98.9 Å². The number of rotatable bonds is 7. The van der Waals surface area contributed by atoms with Gasteiger partial charge in [0.2, 0.25) is 0 Å². The predicted octanol–water partition coefficient (Wildman–Crippen LogP) is 5.20. The molecule has 1 aromatic carbocycles. The van der Waals surface area contributed by atoms with Gasteiger partial charge in [0.05, 0.1) is 29.4 Å². The van der Waals surface area contributed by atoms with E-state index in [9.17, 15) is 18.0 Å². The first-order chi connectivity index (χ1) is 18.7. The zero-order valence-corrected chi connectivity index (χ0v) is 21.9. The largest absolute Gasteiger partial charge is 0.490 e. The lowest BCUT2D eigenvalue weighted by Crippen LogP contribution is -2.27. The monoisotopic (exact) mass is 541 g/mol. The van der Waals surface area contributed by atoms with Gasteiger partial charge in [-0.1, -0.05) is 0 Å². The zero-order valence-electron chi connectivity index (χ0n) is 21.9. The van der Waals surface area contributed by atoms with Crippen molar-refractivity contribution < 1.29 is 22.7 Å². The van der Waals surface area contributed by atoms with E-state index in [0.717, 1.165) is 40.6 Å². The van der Waals surface area contributed by atoms with Crippen LogP contribution in [0.3, 0.4) is 0 Å². The molecular formula is C27H30F3N7O2. The van der Waals surface area contributed by atoms with Crippen molar-refractivity contribution in [2.24, 2.45) is 7.05 Å². The summed E-state index contributed by atoms with van der Waals surface area (Å²) in [7, 11) is 3.22. The first-order valence-electron chi connectivity index (χ1n) is 12.9. The van der Waals surface area contributed by atoms with Gasteiger partial charge in [0.15, 0.2) is 0 Å². The van der Waals surface area contributed by atoms with Crippen molar-refractivity contribution in [3.63, 3.8) is 0 Å². The molecule has 0 atom stereocenters. The molecule has 1 aliphatic carbocycles. The number of carbonyl (C=O) groups excluding carboxylic acids is 1. The minimum atomic E-state index is -4.65. The smallest absolute Gasteiger partial charge is 0.419 e. The number of anilines is 1. The molecular weight excluding hydrogens is 511 g/mol. The van der Waals surface area contributed by atoms with E-state index in [-0.39, 0.29) is 23.5 Å². The van der Waals surface area contributed by atoms with Crippen LogP contribution in [0, 0.1) is 0 Å². The summed E-state index contributed by atoms with van der Waals surface area (Å²) in [5, 5.41) is 15.7. The second-order valence-electron chi connectivity index (χ2n) is 9.65. The number of alkyl halides is 3. The Balaban J connectivity index is 1.38. The van der Waals surface area contributed by atoms with Crippen LogP contribution in [0.15, 0.2) is 42.9 Å². The van der Waals surface area contributed by atoms with Crippen molar-refractivity contribution in [3.05, 3.63) is 54.0 Å². The number of nitrogens with zero attached hydrogens (tertiary/aromatic N) is 5. The molecule has 5 rings (SSSR count). The van der Waals surface area contributed by atoms with Gasteiger partial charge in [-0.3, -0.25) is 14.2 Å². The normalized spacial score (nSPS) is 17.8. The van der Waals surface area contributed by atoms with Gasteiger partial charge in [0.1, 0.15) is 17.3 Å². The number of halogens is 3. The van der Waals surface area contributed by atoms with E-state index in [4.69, 9.17) is 9.84 Å². The fraction of sp³-hybridized carbons (Fsp3) is 0.407. The van der Waals surface area contributed by atoms with Crippen molar-refractivity contribution in [2.75, 3.05) is 18.9 Å². The number of nitrogens with one attached hydrogen (secondary N) is 2. The van der Waals surface area contributed by atoms with Gasteiger partial charge in [0, 0.05) is 55.6 Å². The lowest BCUT2D eigenvalue weighted by Gasteiger charge is -2.30. The average molecular weight is 542 g/mol. The highest BCUT2D eigenvalue weighted by Crippen LogP contribution is 2.40. The van der Waals surface area contributed by atoms with Gasteiger partial charge >= 0.3 is 6.18 Å². The molecule has 3 heterocycles. The number of hydrogen-bond donors (Lipinski definition) is 2. The third-order valence-corrected chi connectivity index (χ3v) is 6.99. The standard InChI is InChI=1S/C27H30F3N7O2/c1-4-32-24-12-22-20(14-33-24)25(17-13-34-36(3)15-17)35-37(22)18-6-8-19(9-7-18)39-23-10-5-16(26(38)31-2)11-21(23)27(28,29)30/h5,10-15,18-19H,4,6-9H2,1-3H3,(H,31,38)(H,32,33). The van der Waals surface area contributed by atoms with Crippen molar-refractivity contribution in [1.29, 1.82) is 0 Å². The first kappa shape index (κ1) is 26.5. The molecule has 12 heteroatoms. The SMILES string of the molecule is CCNc1cc2c(cn1)c(-c1cnn(C)c1)nn2C1CCC(Oc2ccc(C(=O)NC)cc2C(F)(F)F)CC1. The summed E-state index contributed by atoms with van der Waals surface area (Å²) in [4.78, 5) is 16.4. The fourth-order valence-corrected chi connectivity index (χ4v) is 5.07. The second-order valence-corrected chi connectivity index (χ2v) is 9.65. The van der Waals surface area contributed by atoms with E-state index in [0.29, 0.717) is 25.7 Å². The van der Waals surface area contributed by atoms with Crippen LogP contribution < -0.4 is 15.4 Å². The van der Waals surface area contributed by atoms with Gasteiger partial charge in [-0.05, 0) is 50.8 Å². The summed E-state index contributed by atoms with van der Waals surface area (Å²) in [6, 6.07) is 5.45. The maximum atomic E-state index is 13.8. The maximum absolute atomic E-state index is 13.8. The molecule has 206 valence electrons. The van der Waals surface area contributed by atoms with Crippen LogP contribution in [-0.2, 0) is 13.2 Å². The van der Waals surface area contributed by atoms with E-state index in [1.165, 1.54) is 19.2 Å². The van der Waals surface area contributed by atoms with Crippen molar-refractivity contribution in [1.82, 2.24) is 29.9 Å². The van der Waals surface area contributed by atoms with Crippen LogP contribution in [0.5, 0.6) is 5.75 Å². The third kappa shape index (κ3) is 5.41. The quantitative estimate of drug-likeness (QED) is 0.334. The van der Waals surface area contributed by atoms with E-state index >= 15 is 0 Å². The van der Waals surface area contributed by atoms with Crippen LogP contribution in [0.2, 0.25) is 0 Å². The Morgan fingerprint density at radius 3 is 2.56 bits per heavy atom. The molecule has 2 N–H and O–H groups in total. The Labute approximate surface area is 223 Å². The number of pyridine rings is 1. The number of carbonyl (C=O) groups is 1. The molecule has 39 heavy (non-hydrogen) atoms. The molecule has 0 radical (unpaired) electrons. The van der Waals surface area contributed by atoms with E-state index in [1.54, 1.807) is 10.9 Å². The molecule has 0 aliphatic heterocycles. The number of hydrogen-bond acceptors (Lipinski definition) is 6. The zero-order chi connectivity index (χ0) is 27.7. The molecule has 4 aromatic rings. The Morgan fingerprint density at radius 2 is 1.92 bits per heavy atom. The molecule has 1 fully saturated rings. The number of fused-ring (bicyclic) bond motifs is 1. The highest BCUT2D eigenvalue weighted by Gasteiger charge is 2.36. The van der Waals surface area contributed by atoms with Crippen LogP contribution in [0.1, 0.15) is 54.6 Å². The third-order valence-electron chi connectivity index (χ3n) is 6.99. The molecule has 1 aliphatic rings. The van der Waals surface area contributed by atoms with Gasteiger partial charge in [0.25, 0.3) is 5.91 Å². The molecule has 3 aromatic heterocycles. The summed E-state index contributed by atoms with van der Waals surface area (Å²) in [5.74, 6) is -0.0960. The number of ether oxygens (including phenoxy) is 1. The molecule has 0 unspecified atom stereocenters. The van der Waals surface area contributed by atoms with Gasteiger partial charge in [-0.25, -0.2) is 4.98 Å². The van der Waals surface area contributed by atoms with Gasteiger partial charge in [-0.2, -0.15) is 23.4 Å². The molecule has 1 saturated carbocycles. The van der Waals surface area contributed by atoms with E-state index in [1.807, 2.05) is 37.1 Å². The molecule has 1 amide bonds. The molecule has 0 bridgehead atoms. The van der Waals surface area contributed by atoms with Crippen molar-refractivity contribution >= 4 is 22.6 Å². The van der Waals surface area contributed by atoms with E-state index < -0.39 is 17.6 Å². The Bertz CT molecular complexity index is 1490. The van der Waals surface area contributed by atoms with Gasteiger partial charge < -0.3 is 15.4 Å². The maximum Gasteiger partial charge on any atom is 0.419 e. The van der Waals surface area contributed by atoms with E-state index in [2.05, 4.69) is 20.7 Å². The summed E-state index contributed by atoms with van der Waals surface area (Å²) >= 11 is 0. The number of aryl methyl sites for hydroxylation is 1. The lowest BCUT2D eigenvalue weighted by atomic mass is 9.92.